The third-order valence-corrected chi connectivity index (χ3v) is 6.58. The summed E-state index contributed by atoms with van der Waals surface area (Å²) in [6.45, 7) is 5.30. The predicted molar refractivity (Wildman–Crippen MR) is 117 cm³/mol. The highest BCUT2D eigenvalue weighted by Gasteiger charge is 2.50. The summed E-state index contributed by atoms with van der Waals surface area (Å²) < 4.78 is 25.5. The van der Waals surface area contributed by atoms with Crippen LogP contribution in [0.25, 0.3) is 0 Å². The summed E-state index contributed by atoms with van der Waals surface area (Å²) in [6, 6.07) is 15.0. The summed E-state index contributed by atoms with van der Waals surface area (Å²) in [6.07, 6.45) is 1.05. The number of nitrogens with one attached hydrogen (secondary N) is 1. The largest absolute Gasteiger partial charge is 0.350 e. The molecule has 1 aliphatic heterocycles. The number of benzene rings is 2. The van der Waals surface area contributed by atoms with Gasteiger partial charge in [0.1, 0.15) is 5.54 Å². The van der Waals surface area contributed by atoms with Gasteiger partial charge >= 0.3 is 0 Å². The SMILES string of the molecule is Cc1ccc(N2C(=O)CN(S(C)(=O)=O)CC2(C)C(=O)NCc2ccccc2)c(C)c1. The lowest BCUT2D eigenvalue weighted by molar-refractivity contribution is -0.133. The average molecular weight is 430 g/mol. The van der Waals surface area contributed by atoms with Gasteiger partial charge in [-0.1, -0.05) is 48.0 Å². The van der Waals surface area contributed by atoms with Gasteiger partial charge in [0.05, 0.1) is 12.8 Å². The first-order chi connectivity index (χ1) is 14.0. The summed E-state index contributed by atoms with van der Waals surface area (Å²) in [5, 5.41) is 2.88. The molecule has 3 rings (SSSR count). The van der Waals surface area contributed by atoms with E-state index in [1.54, 1.807) is 13.0 Å². The van der Waals surface area contributed by atoms with Gasteiger partial charge in [-0.05, 0) is 38.0 Å². The second-order valence-corrected chi connectivity index (χ2v) is 9.97. The van der Waals surface area contributed by atoms with Gasteiger partial charge in [0.25, 0.3) is 0 Å². The molecule has 0 radical (unpaired) electrons. The molecule has 0 aliphatic carbocycles. The number of aryl methyl sites for hydroxylation is 2. The Labute approximate surface area is 177 Å². The molecule has 1 aliphatic rings. The molecule has 0 bridgehead atoms. The fourth-order valence-electron chi connectivity index (χ4n) is 3.80. The number of carbonyl (C=O) groups excluding carboxylic acids is 2. The normalized spacial score (nSPS) is 20.3. The molecule has 1 N–H and O–H groups in total. The van der Waals surface area contributed by atoms with Crippen LogP contribution in [0.5, 0.6) is 0 Å². The number of anilines is 1. The molecule has 1 fully saturated rings. The van der Waals surface area contributed by atoms with Crippen LogP contribution in [0.2, 0.25) is 0 Å². The second kappa shape index (κ2) is 8.20. The fraction of sp³-hybridized carbons (Fsp3) is 0.364. The van der Waals surface area contributed by atoms with Gasteiger partial charge in [0, 0.05) is 18.8 Å². The topological polar surface area (TPSA) is 86.8 Å². The van der Waals surface area contributed by atoms with Crippen LogP contribution in [0.1, 0.15) is 23.6 Å². The summed E-state index contributed by atoms with van der Waals surface area (Å²) >= 11 is 0. The van der Waals surface area contributed by atoms with E-state index in [1.165, 1.54) is 4.90 Å². The van der Waals surface area contributed by atoms with E-state index < -0.39 is 27.4 Å². The molecule has 0 saturated carbocycles. The minimum Gasteiger partial charge on any atom is -0.350 e. The van der Waals surface area contributed by atoms with Crippen molar-refractivity contribution >= 4 is 27.5 Å². The number of piperazine rings is 1. The molecule has 2 amide bonds. The van der Waals surface area contributed by atoms with Crippen LogP contribution in [0, 0.1) is 13.8 Å². The van der Waals surface area contributed by atoms with Crippen LogP contribution < -0.4 is 10.2 Å². The highest BCUT2D eigenvalue weighted by atomic mass is 32.2. The van der Waals surface area contributed by atoms with Gasteiger partial charge in [0.15, 0.2) is 0 Å². The van der Waals surface area contributed by atoms with Crippen molar-refractivity contribution in [1.29, 1.82) is 0 Å². The van der Waals surface area contributed by atoms with E-state index in [2.05, 4.69) is 5.32 Å². The molecule has 2 aromatic rings. The molecule has 30 heavy (non-hydrogen) atoms. The molecule has 8 heteroatoms. The number of rotatable bonds is 5. The minimum atomic E-state index is -3.65. The lowest BCUT2D eigenvalue weighted by atomic mass is 9.93. The Morgan fingerprint density at radius 1 is 1.13 bits per heavy atom. The van der Waals surface area contributed by atoms with Gasteiger partial charge in [-0.2, -0.15) is 4.31 Å². The summed E-state index contributed by atoms with van der Waals surface area (Å²) in [5.74, 6) is -0.844. The Balaban J connectivity index is 2.00. The lowest BCUT2D eigenvalue weighted by Gasteiger charge is -2.47. The van der Waals surface area contributed by atoms with E-state index in [9.17, 15) is 18.0 Å². The molecule has 1 unspecified atom stereocenters. The first-order valence-electron chi connectivity index (χ1n) is 9.70. The van der Waals surface area contributed by atoms with Crippen LogP contribution in [0.15, 0.2) is 48.5 Å². The Hall–Kier alpha value is -2.71. The first kappa shape index (κ1) is 22.0. The van der Waals surface area contributed by atoms with Crippen LogP contribution in [-0.4, -0.2) is 49.4 Å². The fourth-order valence-corrected chi connectivity index (χ4v) is 4.63. The Morgan fingerprint density at radius 2 is 1.80 bits per heavy atom. The van der Waals surface area contributed by atoms with Crippen molar-refractivity contribution in [2.75, 3.05) is 24.2 Å². The van der Waals surface area contributed by atoms with E-state index >= 15 is 0 Å². The molecule has 160 valence electrons. The highest BCUT2D eigenvalue weighted by Crippen LogP contribution is 2.33. The van der Waals surface area contributed by atoms with Crippen molar-refractivity contribution in [2.24, 2.45) is 0 Å². The number of sulfonamides is 1. The van der Waals surface area contributed by atoms with Gasteiger partial charge in [-0.15, -0.1) is 0 Å². The smallest absolute Gasteiger partial charge is 0.247 e. The Bertz CT molecular complexity index is 1070. The maximum Gasteiger partial charge on any atom is 0.247 e. The maximum absolute atomic E-state index is 13.3. The monoisotopic (exact) mass is 429 g/mol. The van der Waals surface area contributed by atoms with Crippen LogP contribution in [0.3, 0.4) is 0 Å². The Morgan fingerprint density at radius 3 is 2.40 bits per heavy atom. The van der Waals surface area contributed by atoms with E-state index in [0.29, 0.717) is 5.69 Å². The van der Waals surface area contributed by atoms with Crippen molar-refractivity contribution in [3.05, 3.63) is 65.2 Å². The van der Waals surface area contributed by atoms with Crippen molar-refractivity contribution < 1.29 is 18.0 Å². The zero-order valence-electron chi connectivity index (χ0n) is 17.7. The maximum atomic E-state index is 13.3. The molecular weight excluding hydrogens is 402 g/mol. The van der Waals surface area contributed by atoms with Crippen LogP contribution >= 0.6 is 0 Å². The van der Waals surface area contributed by atoms with Crippen molar-refractivity contribution in [3.8, 4) is 0 Å². The average Bonchev–Trinajstić information content (AvgIpc) is 2.67. The molecule has 2 aromatic carbocycles. The molecular formula is C22H27N3O4S. The molecule has 7 nitrogen and oxygen atoms in total. The van der Waals surface area contributed by atoms with Gasteiger partial charge in [-0.25, -0.2) is 8.42 Å². The Kier molecular flexibility index (Phi) is 6.01. The lowest BCUT2D eigenvalue weighted by Crippen LogP contribution is -2.70. The first-order valence-corrected chi connectivity index (χ1v) is 11.5. The van der Waals surface area contributed by atoms with E-state index in [-0.39, 0.29) is 19.6 Å². The quantitative estimate of drug-likeness (QED) is 0.788. The third-order valence-electron chi connectivity index (χ3n) is 5.39. The number of nitrogens with zero attached hydrogens (tertiary/aromatic N) is 2. The van der Waals surface area contributed by atoms with Gasteiger partial charge in [0.2, 0.25) is 21.8 Å². The molecule has 1 heterocycles. The van der Waals surface area contributed by atoms with Gasteiger partial charge in [-0.3, -0.25) is 14.5 Å². The molecule has 1 saturated heterocycles. The van der Waals surface area contributed by atoms with Crippen LogP contribution in [-0.2, 0) is 26.2 Å². The van der Waals surface area contributed by atoms with Crippen molar-refractivity contribution in [3.63, 3.8) is 0 Å². The number of hydrogen-bond donors (Lipinski definition) is 1. The zero-order chi connectivity index (χ0) is 22.1. The van der Waals surface area contributed by atoms with Crippen molar-refractivity contribution in [1.82, 2.24) is 9.62 Å². The molecule has 1 atom stereocenters. The standard InChI is InChI=1S/C22H27N3O4S/c1-16-10-11-19(17(2)12-16)25-20(26)14-24(30(4,28)29)15-22(25,3)21(27)23-13-18-8-6-5-7-9-18/h5-12H,13-15H2,1-4H3,(H,23,27). The number of hydrogen-bond acceptors (Lipinski definition) is 4. The minimum absolute atomic E-state index is 0.120. The third kappa shape index (κ3) is 4.39. The summed E-state index contributed by atoms with van der Waals surface area (Å²) in [4.78, 5) is 27.9. The predicted octanol–water partition coefficient (Wildman–Crippen LogP) is 1.99. The van der Waals surface area contributed by atoms with E-state index in [4.69, 9.17) is 0 Å². The number of amides is 2. The highest BCUT2D eigenvalue weighted by molar-refractivity contribution is 7.88. The summed E-state index contributed by atoms with van der Waals surface area (Å²) in [7, 11) is -3.65. The van der Waals surface area contributed by atoms with E-state index in [0.717, 1.165) is 27.3 Å². The van der Waals surface area contributed by atoms with E-state index in [1.807, 2.05) is 56.3 Å². The zero-order valence-corrected chi connectivity index (χ0v) is 18.5. The van der Waals surface area contributed by atoms with Gasteiger partial charge < -0.3 is 5.32 Å². The molecule has 0 aromatic heterocycles. The molecule has 0 spiro atoms. The summed E-state index contributed by atoms with van der Waals surface area (Å²) in [5.41, 5.74) is 2.01. The van der Waals surface area contributed by atoms with Crippen molar-refractivity contribution in [2.45, 2.75) is 32.9 Å². The van der Waals surface area contributed by atoms with Crippen LogP contribution in [0.4, 0.5) is 5.69 Å². The second-order valence-electron chi connectivity index (χ2n) is 7.99. The number of carbonyl (C=O) groups is 2.